The number of hydrogen-bond acceptors (Lipinski definition) is 2. The van der Waals surface area contributed by atoms with Crippen LogP contribution in [0.4, 0.5) is 17.1 Å². The Labute approximate surface area is 323 Å². The molecule has 0 atom stereocenters. The van der Waals surface area contributed by atoms with E-state index in [1.807, 2.05) is 24.3 Å². The van der Waals surface area contributed by atoms with Crippen LogP contribution >= 0.6 is 0 Å². The zero-order chi connectivity index (χ0) is 37.5. The van der Waals surface area contributed by atoms with E-state index in [2.05, 4.69) is 196 Å². The van der Waals surface area contributed by atoms with Crippen LogP contribution in [0.3, 0.4) is 0 Å². The third kappa shape index (κ3) is 6.11. The average molecular weight is 705 g/mol. The Morgan fingerprint density at radius 3 is 1.49 bits per heavy atom. The van der Waals surface area contributed by atoms with Crippen LogP contribution in [0.1, 0.15) is 31.9 Å². The molecule has 55 heavy (non-hydrogen) atoms. The Morgan fingerprint density at radius 2 is 0.909 bits per heavy atom. The van der Waals surface area contributed by atoms with Gasteiger partial charge in [-0.15, -0.1) is 0 Å². The Balaban J connectivity index is 1.41. The normalized spacial score (nSPS) is 11.5. The molecular formula is C53H40N2. The molecule has 0 saturated carbocycles. The molecule has 9 rings (SSSR count). The van der Waals surface area contributed by atoms with Gasteiger partial charge in [0.05, 0.1) is 11.6 Å². The van der Waals surface area contributed by atoms with Crippen LogP contribution in [-0.4, -0.2) is 0 Å². The molecule has 262 valence electrons. The predicted molar refractivity (Wildman–Crippen MR) is 233 cm³/mol. The highest BCUT2D eigenvalue weighted by Crippen LogP contribution is 2.50. The van der Waals surface area contributed by atoms with Crippen molar-refractivity contribution in [2.75, 3.05) is 4.90 Å². The maximum atomic E-state index is 9.64. The molecule has 0 aliphatic carbocycles. The fourth-order valence-corrected chi connectivity index (χ4v) is 8.12. The van der Waals surface area contributed by atoms with E-state index in [0.717, 1.165) is 17.1 Å². The lowest BCUT2D eigenvalue weighted by atomic mass is 9.81. The second kappa shape index (κ2) is 13.8. The number of nitrogens with zero attached hydrogens (tertiary/aromatic N) is 2. The van der Waals surface area contributed by atoms with Gasteiger partial charge in [0.1, 0.15) is 0 Å². The molecule has 0 radical (unpaired) electrons. The van der Waals surface area contributed by atoms with Gasteiger partial charge in [0.15, 0.2) is 0 Å². The smallest absolute Gasteiger partial charge is 0.0991 e. The SMILES string of the molecule is CC(C)(C)c1ccc(N(c2ccc(C#N)cc2)c2ccc3c(c2)c2ccccc2c2c(-c4ccccc4)cc(-c4ccccc4)c(-c4ccccc4)c32)cc1. The number of fused-ring (bicyclic) bond motifs is 6. The molecule has 9 aromatic rings. The van der Waals surface area contributed by atoms with E-state index in [-0.39, 0.29) is 5.41 Å². The van der Waals surface area contributed by atoms with Gasteiger partial charge in [-0.25, -0.2) is 0 Å². The summed E-state index contributed by atoms with van der Waals surface area (Å²) in [6.07, 6.45) is 0. The summed E-state index contributed by atoms with van der Waals surface area (Å²) in [6.45, 7) is 6.74. The molecule has 9 aromatic carbocycles. The van der Waals surface area contributed by atoms with Crippen molar-refractivity contribution in [1.29, 1.82) is 5.26 Å². The van der Waals surface area contributed by atoms with Gasteiger partial charge in [-0.2, -0.15) is 5.26 Å². The standard InChI is InChI=1S/C53H40N2/c1-53(2,3)40-25-29-42(30-26-40)55(41-27-23-36(35-54)24-28-41)43-31-32-46-49(33-43)44-21-13-14-22-45(44)51-48(38-17-9-5-10-18-38)34-47(37-15-7-4-8-16-37)50(52(46)51)39-19-11-6-12-20-39/h4-34H,1-3H3. The van der Waals surface area contributed by atoms with Crippen LogP contribution in [0.2, 0.25) is 0 Å². The first-order chi connectivity index (χ1) is 26.9. The second-order valence-corrected chi connectivity index (χ2v) is 15.3. The summed E-state index contributed by atoms with van der Waals surface area (Å²) in [5.74, 6) is 0. The van der Waals surface area contributed by atoms with E-state index in [1.165, 1.54) is 71.3 Å². The Hall–Kier alpha value is -6.95. The summed E-state index contributed by atoms with van der Waals surface area (Å²) in [6, 6.07) is 69.8. The molecule has 0 saturated heterocycles. The second-order valence-electron chi connectivity index (χ2n) is 15.3. The molecule has 0 aliphatic heterocycles. The summed E-state index contributed by atoms with van der Waals surface area (Å²) in [5, 5.41) is 16.9. The minimum Gasteiger partial charge on any atom is -0.310 e. The maximum Gasteiger partial charge on any atom is 0.0991 e. The van der Waals surface area contributed by atoms with Gasteiger partial charge in [0.25, 0.3) is 0 Å². The number of rotatable bonds is 6. The van der Waals surface area contributed by atoms with Crippen molar-refractivity contribution >= 4 is 49.4 Å². The van der Waals surface area contributed by atoms with E-state index in [1.54, 1.807) is 0 Å². The number of benzene rings is 9. The Bertz CT molecular complexity index is 2860. The monoisotopic (exact) mass is 704 g/mol. The van der Waals surface area contributed by atoms with E-state index in [4.69, 9.17) is 0 Å². The predicted octanol–water partition coefficient (Wildman–Crippen LogP) is 14.8. The molecule has 0 N–H and O–H groups in total. The first-order valence-corrected chi connectivity index (χ1v) is 18.9. The fraction of sp³-hybridized carbons (Fsp3) is 0.0755. The largest absolute Gasteiger partial charge is 0.310 e. The first-order valence-electron chi connectivity index (χ1n) is 18.9. The minimum atomic E-state index is 0.0361. The van der Waals surface area contributed by atoms with Gasteiger partial charge in [-0.3, -0.25) is 0 Å². The summed E-state index contributed by atoms with van der Waals surface area (Å²) < 4.78 is 0. The molecule has 2 heteroatoms. The summed E-state index contributed by atoms with van der Waals surface area (Å²) in [5.41, 5.74) is 12.3. The van der Waals surface area contributed by atoms with Crippen LogP contribution in [0.25, 0.3) is 65.7 Å². The van der Waals surface area contributed by atoms with Crippen molar-refractivity contribution < 1.29 is 0 Å². The lowest BCUT2D eigenvalue weighted by molar-refractivity contribution is 0.590. The van der Waals surface area contributed by atoms with E-state index in [9.17, 15) is 5.26 Å². The van der Waals surface area contributed by atoms with Crippen molar-refractivity contribution in [3.05, 3.63) is 199 Å². The van der Waals surface area contributed by atoms with Gasteiger partial charge in [-0.1, -0.05) is 154 Å². The van der Waals surface area contributed by atoms with Crippen LogP contribution in [0, 0.1) is 11.3 Å². The fourth-order valence-electron chi connectivity index (χ4n) is 8.12. The quantitative estimate of drug-likeness (QED) is 0.161. The molecule has 0 spiro atoms. The number of anilines is 3. The minimum absolute atomic E-state index is 0.0361. The lowest BCUT2D eigenvalue weighted by Crippen LogP contribution is -2.13. The van der Waals surface area contributed by atoms with Crippen LogP contribution < -0.4 is 4.90 Å². The van der Waals surface area contributed by atoms with Crippen molar-refractivity contribution in [2.45, 2.75) is 26.2 Å². The molecular weight excluding hydrogens is 665 g/mol. The van der Waals surface area contributed by atoms with Crippen LogP contribution in [-0.2, 0) is 5.41 Å². The highest BCUT2D eigenvalue weighted by Gasteiger charge is 2.23. The molecule has 0 unspecified atom stereocenters. The van der Waals surface area contributed by atoms with Crippen LogP contribution in [0.5, 0.6) is 0 Å². The summed E-state index contributed by atoms with van der Waals surface area (Å²) >= 11 is 0. The lowest BCUT2D eigenvalue weighted by Gasteiger charge is -2.28. The van der Waals surface area contributed by atoms with E-state index >= 15 is 0 Å². The van der Waals surface area contributed by atoms with Gasteiger partial charge in [-0.05, 0) is 131 Å². The highest BCUT2D eigenvalue weighted by atomic mass is 15.1. The highest BCUT2D eigenvalue weighted by molar-refractivity contribution is 6.33. The van der Waals surface area contributed by atoms with Crippen LogP contribution in [0.15, 0.2) is 188 Å². The molecule has 0 heterocycles. The van der Waals surface area contributed by atoms with Gasteiger partial charge in [0, 0.05) is 17.1 Å². The maximum absolute atomic E-state index is 9.64. The van der Waals surface area contributed by atoms with Gasteiger partial charge < -0.3 is 4.90 Å². The molecule has 2 nitrogen and oxygen atoms in total. The molecule has 0 aromatic heterocycles. The Kier molecular flexibility index (Phi) is 8.49. The topological polar surface area (TPSA) is 27.0 Å². The molecule has 0 fully saturated rings. The first kappa shape index (κ1) is 33.9. The van der Waals surface area contributed by atoms with Crippen molar-refractivity contribution in [3.8, 4) is 39.4 Å². The van der Waals surface area contributed by atoms with E-state index < -0.39 is 0 Å². The van der Waals surface area contributed by atoms with Gasteiger partial charge in [0.2, 0.25) is 0 Å². The molecule has 0 aliphatic rings. The molecule has 0 bridgehead atoms. The van der Waals surface area contributed by atoms with Crippen molar-refractivity contribution in [2.24, 2.45) is 0 Å². The van der Waals surface area contributed by atoms with Gasteiger partial charge >= 0.3 is 0 Å². The third-order valence-electron chi connectivity index (χ3n) is 10.8. The number of hydrogen-bond donors (Lipinski definition) is 0. The van der Waals surface area contributed by atoms with E-state index in [0.29, 0.717) is 5.56 Å². The third-order valence-corrected chi connectivity index (χ3v) is 10.8. The number of nitriles is 1. The summed E-state index contributed by atoms with van der Waals surface area (Å²) in [4.78, 5) is 2.31. The zero-order valence-electron chi connectivity index (χ0n) is 31.3. The Morgan fingerprint density at radius 1 is 0.418 bits per heavy atom. The summed E-state index contributed by atoms with van der Waals surface area (Å²) in [7, 11) is 0. The molecule has 0 amide bonds. The zero-order valence-corrected chi connectivity index (χ0v) is 31.3. The van der Waals surface area contributed by atoms with Crippen molar-refractivity contribution in [1.82, 2.24) is 0 Å². The van der Waals surface area contributed by atoms with Crippen molar-refractivity contribution in [3.63, 3.8) is 0 Å². The average Bonchev–Trinajstić information content (AvgIpc) is 3.24.